The van der Waals surface area contributed by atoms with Gasteiger partial charge in [0.2, 0.25) is 23.6 Å². The van der Waals surface area contributed by atoms with Gasteiger partial charge in [0.15, 0.2) is 0 Å². The van der Waals surface area contributed by atoms with Crippen LogP contribution in [-0.4, -0.2) is 87.6 Å². The Morgan fingerprint density at radius 3 is 1.74 bits per heavy atom. The van der Waals surface area contributed by atoms with Crippen molar-refractivity contribution in [3.63, 3.8) is 0 Å². The van der Waals surface area contributed by atoms with Gasteiger partial charge in [-0.15, -0.1) is 0 Å². The van der Waals surface area contributed by atoms with Crippen molar-refractivity contribution in [2.45, 2.75) is 69.1 Å². The number of hydrogen-bond acceptors (Lipinski definition) is 8. The van der Waals surface area contributed by atoms with Crippen LogP contribution in [0.4, 0.5) is 0 Å². The van der Waals surface area contributed by atoms with Crippen LogP contribution in [0.25, 0.3) is 0 Å². The molecule has 4 atom stereocenters. The van der Waals surface area contributed by atoms with E-state index >= 15 is 0 Å². The van der Waals surface area contributed by atoms with Crippen molar-refractivity contribution in [3.8, 4) is 0 Å². The lowest BCUT2D eigenvalue weighted by atomic mass is 10.1. The van der Waals surface area contributed by atoms with Gasteiger partial charge in [0.25, 0.3) is 0 Å². The summed E-state index contributed by atoms with van der Waals surface area (Å²) in [6.45, 7) is 0.595. The van der Waals surface area contributed by atoms with E-state index in [1.54, 1.807) is 0 Å². The molecular weight excluding hydrogens is 458 g/mol. The lowest BCUT2D eigenvalue weighted by Gasteiger charge is -2.24. The number of nitrogens with two attached hydrogens (primary N) is 1. The number of amides is 4. The van der Waals surface area contributed by atoms with E-state index in [9.17, 15) is 33.6 Å². The van der Waals surface area contributed by atoms with Crippen LogP contribution in [0.3, 0.4) is 0 Å². The zero-order valence-electron chi connectivity index (χ0n) is 18.2. The highest BCUT2D eigenvalue weighted by molar-refractivity contribution is 5.95. The molecule has 1 rings (SSSR count). The first-order valence-corrected chi connectivity index (χ1v) is 10.5. The molecule has 1 saturated heterocycles. The van der Waals surface area contributed by atoms with Crippen LogP contribution in [-0.2, 0) is 33.6 Å². The van der Waals surface area contributed by atoms with E-state index < -0.39 is 91.4 Å². The van der Waals surface area contributed by atoms with E-state index in [-0.39, 0.29) is 6.42 Å². The summed E-state index contributed by atoms with van der Waals surface area (Å²) in [7, 11) is 0. The number of nitrogens with one attached hydrogen (secondary N) is 4. The Bertz CT molecular complexity index is 811. The van der Waals surface area contributed by atoms with Crippen LogP contribution in [0.1, 0.15) is 44.9 Å². The fourth-order valence-corrected chi connectivity index (χ4v) is 3.20. The second kappa shape index (κ2) is 13.7. The fourth-order valence-electron chi connectivity index (χ4n) is 3.20. The number of carbonyl (C=O) groups is 7. The molecule has 0 aromatic carbocycles. The molecule has 1 fully saturated rings. The van der Waals surface area contributed by atoms with Crippen molar-refractivity contribution in [3.05, 3.63) is 0 Å². The zero-order chi connectivity index (χ0) is 25.8. The third-order valence-electron chi connectivity index (χ3n) is 4.96. The molecule has 9 N–H and O–H groups in total. The lowest BCUT2D eigenvalue weighted by molar-refractivity contribution is -0.144. The van der Waals surface area contributed by atoms with E-state index in [1.807, 2.05) is 5.32 Å². The van der Waals surface area contributed by atoms with Crippen LogP contribution < -0.4 is 27.0 Å². The molecule has 1 aliphatic heterocycles. The average Bonchev–Trinajstić information content (AvgIpc) is 3.27. The SMILES string of the molecule is NC(=O)CC(NC(=O)C(CCC(=O)O)NC(=O)C(CCC(=O)O)NC(=O)C1CCCN1)C(=O)O. The number of aliphatic carboxylic acids is 3. The molecule has 190 valence electrons. The molecule has 0 saturated carbocycles. The summed E-state index contributed by atoms with van der Waals surface area (Å²) in [4.78, 5) is 82.0. The maximum Gasteiger partial charge on any atom is 0.326 e. The highest BCUT2D eigenvalue weighted by Gasteiger charge is 2.32. The van der Waals surface area contributed by atoms with Gasteiger partial charge >= 0.3 is 17.9 Å². The quantitative estimate of drug-likeness (QED) is 0.115. The van der Waals surface area contributed by atoms with Gasteiger partial charge in [-0.25, -0.2) is 4.79 Å². The van der Waals surface area contributed by atoms with Crippen LogP contribution in [0.2, 0.25) is 0 Å². The molecule has 0 radical (unpaired) electrons. The minimum absolute atomic E-state index is 0.313. The first-order valence-electron chi connectivity index (χ1n) is 10.5. The van der Waals surface area contributed by atoms with E-state index in [2.05, 4.69) is 16.0 Å². The largest absolute Gasteiger partial charge is 0.481 e. The second-order valence-electron chi connectivity index (χ2n) is 7.71. The molecule has 0 aliphatic carbocycles. The number of carboxylic acids is 3. The first-order chi connectivity index (χ1) is 15.9. The van der Waals surface area contributed by atoms with Crippen molar-refractivity contribution in [1.29, 1.82) is 0 Å². The molecule has 34 heavy (non-hydrogen) atoms. The molecule has 0 spiro atoms. The Morgan fingerprint density at radius 2 is 1.32 bits per heavy atom. The lowest BCUT2D eigenvalue weighted by Crippen LogP contribution is -2.57. The van der Waals surface area contributed by atoms with Crippen molar-refractivity contribution >= 4 is 41.5 Å². The highest BCUT2D eigenvalue weighted by atomic mass is 16.4. The summed E-state index contributed by atoms with van der Waals surface area (Å²) in [5.41, 5.74) is 4.96. The van der Waals surface area contributed by atoms with Crippen LogP contribution >= 0.6 is 0 Å². The maximum atomic E-state index is 12.8. The number of carbonyl (C=O) groups excluding carboxylic acids is 4. The minimum atomic E-state index is -1.72. The fraction of sp³-hybridized carbons (Fsp3) is 0.632. The summed E-state index contributed by atoms with van der Waals surface area (Å²) < 4.78 is 0. The van der Waals surface area contributed by atoms with Gasteiger partial charge in [0, 0.05) is 12.8 Å². The summed E-state index contributed by atoms with van der Waals surface area (Å²) in [5, 5.41) is 36.6. The summed E-state index contributed by atoms with van der Waals surface area (Å²) in [6, 6.07) is -5.19. The van der Waals surface area contributed by atoms with Gasteiger partial charge in [-0.3, -0.25) is 28.8 Å². The molecule has 0 bridgehead atoms. The van der Waals surface area contributed by atoms with E-state index in [0.29, 0.717) is 13.0 Å². The monoisotopic (exact) mass is 487 g/mol. The number of rotatable bonds is 15. The molecule has 1 aliphatic rings. The predicted molar refractivity (Wildman–Crippen MR) is 112 cm³/mol. The van der Waals surface area contributed by atoms with E-state index in [4.69, 9.17) is 21.1 Å². The Labute approximate surface area is 193 Å². The summed E-state index contributed by atoms with van der Waals surface area (Å²) >= 11 is 0. The Morgan fingerprint density at radius 1 is 0.824 bits per heavy atom. The van der Waals surface area contributed by atoms with Gasteiger partial charge in [-0.05, 0) is 32.2 Å². The highest BCUT2D eigenvalue weighted by Crippen LogP contribution is 2.08. The molecule has 0 aromatic heterocycles. The third kappa shape index (κ3) is 10.2. The second-order valence-corrected chi connectivity index (χ2v) is 7.71. The van der Waals surface area contributed by atoms with Gasteiger partial charge in [0.1, 0.15) is 18.1 Å². The molecule has 15 nitrogen and oxygen atoms in total. The zero-order valence-corrected chi connectivity index (χ0v) is 18.2. The predicted octanol–water partition coefficient (Wildman–Crippen LogP) is -3.12. The molecular formula is C19H29N5O10. The smallest absolute Gasteiger partial charge is 0.326 e. The Balaban J connectivity index is 2.98. The summed E-state index contributed by atoms with van der Waals surface area (Å²) in [6.07, 6.45) is -1.32. The van der Waals surface area contributed by atoms with Gasteiger partial charge in [-0.1, -0.05) is 0 Å². The van der Waals surface area contributed by atoms with Crippen molar-refractivity contribution in [2.24, 2.45) is 5.73 Å². The van der Waals surface area contributed by atoms with Crippen LogP contribution in [0.5, 0.6) is 0 Å². The van der Waals surface area contributed by atoms with E-state index in [1.165, 1.54) is 0 Å². The topological polar surface area (TPSA) is 254 Å². The molecule has 15 heteroatoms. The standard InChI is InChI=1S/C19H29N5O10/c20-13(25)8-12(19(33)34)24-18(32)11(4-6-15(28)29)23-17(31)10(3-5-14(26)27)22-16(30)9-2-1-7-21-9/h9-12,21H,1-8H2,(H2,20,25)(H,22,30)(H,23,31)(H,24,32)(H,26,27)(H,28,29)(H,33,34). The minimum Gasteiger partial charge on any atom is -0.481 e. The van der Waals surface area contributed by atoms with Crippen molar-refractivity contribution < 1.29 is 48.9 Å². The molecule has 0 aromatic rings. The molecule has 4 amide bonds. The number of hydrogen-bond donors (Lipinski definition) is 8. The van der Waals surface area contributed by atoms with Crippen molar-refractivity contribution in [1.82, 2.24) is 21.3 Å². The number of primary amides is 1. The van der Waals surface area contributed by atoms with Crippen LogP contribution in [0.15, 0.2) is 0 Å². The first kappa shape index (κ1) is 28.3. The Hall–Kier alpha value is -3.75. The van der Waals surface area contributed by atoms with Gasteiger partial charge < -0.3 is 42.3 Å². The van der Waals surface area contributed by atoms with Crippen molar-refractivity contribution in [2.75, 3.05) is 6.54 Å². The number of carboxylic acid groups (broad SMARTS) is 3. The molecule has 4 unspecified atom stereocenters. The van der Waals surface area contributed by atoms with Crippen LogP contribution in [0, 0.1) is 0 Å². The normalized spacial score (nSPS) is 17.6. The Kier molecular flexibility index (Phi) is 11.4. The van der Waals surface area contributed by atoms with Gasteiger partial charge in [0.05, 0.1) is 12.5 Å². The third-order valence-corrected chi connectivity index (χ3v) is 4.96. The molecule has 1 heterocycles. The maximum absolute atomic E-state index is 12.8. The average molecular weight is 487 g/mol. The van der Waals surface area contributed by atoms with E-state index in [0.717, 1.165) is 6.42 Å². The summed E-state index contributed by atoms with van der Waals surface area (Å²) in [5.74, 6) is -7.73. The van der Waals surface area contributed by atoms with Gasteiger partial charge in [-0.2, -0.15) is 0 Å².